The molecular formula is C16H14N2O. The lowest BCUT2D eigenvalue weighted by Crippen LogP contribution is -2.19. The molecule has 0 aliphatic carbocycles. The zero-order chi connectivity index (χ0) is 13.4. The minimum atomic E-state index is -0.0250. The zero-order valence-corrected chi connectivity index (χ0v) is 10.9. The van der Waals surface area contributed by atoms with Gasteiger partial charge in [-0.2, -0.15) is 0 Å². The average molecular weight is 250 g/mol. The van der Waals surface area contributed by atoms with Gasteiger partial charge in [-0.25, -0.2) is 4.98 Å². The van der Waals surface area contributed by atoms with Crippen LogP contribution in [0.25, 0.3) is 16.6 Å². The van der Waals surface area contributed by atoms with Gasteiger partial charge in [0, 0.05) is 0 Å². The fraction of sp³-hybridized carbons (Fsp3) is 0.125. The summed E-state index contributed by atoms with van der Waals surface area (Å²) in [6.07, 6.45) is 1.61. The van der Waals surface area contributed by atoms with Gasteiger partial charge in [-0.15, -0.1) is 0 Å². The summed E-state index contributed by atoms with van der Waals surface area (Å²) < 4.78 is 1.61. The van der Waals surface area contributed by atoms with Crippen molar-refractivity contribution in [3.8, 4) is 5.69 Å². The average Bonchev–Trinajstić information content (AvgIpc) is 2.41. The van der Waals surface area contributed by atoms with E-state index in [0.29, 0.717) is 5.39 Å². The number of para-hydroxylation sites is 2. The molecule has 0 bridgehead atoms. The van der Waals surface area contributed by atoms with E-state index in [-0.39, 0.29) is 5.56 Å². The molecule has 0 N–H and O–H groups in total. The van der Waals surface area contributed by atoms with Crippen molar-refractivity contribution in [1.29, 1.82) is 0 Å². The molecule has 0 aliphatic rings. The highest BCUT2D eigenvalue weighted by Crippen LogP contribution is 2.15. The number of benzene rings is 2. The third kappa shape index (κ3) is 1.83. The SMILES string of the molecule is Cc1ccccc1-n1cnc2c(C)cccc2c1=O. The lowest BCUT2D eigenvalue weighted by atomic mass is 10.1. The van der Waals surface area contributed by atoms with E-state index >= 15 is 0 Å². The molecule has 0 aliphatic heterocycles. The molecule has 2 aromatic carbocycles. The number of aromatic nitrogens is 2. The minimum absolute atomic E-state index is 0.0250. The molecule has 0 fully saturated rings. The predicted molar refractivity (Wildman–Crippen MR) is 76.8 cm³/mol. The van der Waals surface area contributed by atoms with Crippen LogP contribution in [0.2, 0.25) is 0 Å². The number of fused-ring (bicyclic) bond motifs is 1. The summed E-state index contributed by atoms with van der Waals surface area (Å²) in [5.41, 5.74) is 3.70. The molecular weight excluding hydrogens is 236 g/mol. The van der Waals surface area contributed by atoms with Gasteiger partial charge in [0.05, 0.1) is 16.6 Å². The molecule has 0 spiro atoms. The Labute approximate surface area is 111 Å². The summed E-state index contributed by atoms with van der Waals surface area (Å²) in [4.78, 5) is 17.0. The van der Waals surface area contributed by atoms with Gasteiger partial charge in [-0.05, 0) is 37.1 Å². The van der Waals surface area contributed by atoms with Crippen LogP contribution in [0.3, 0.4) is 0 Å². The van der Waals surface area contributed by atoms with Crippen molar-refractivity contribution >= 4 is 10.9 Å². The van der Waals surface area contributed by atoms with Crippen LogP contribution in [0.15, 0.2) is 53.6 Å². The second-order valence-electron chi connectivity index (χ2n) is 4.68. The number of nitrogens with zero attached hydrogens (tertiary/aromatic N) is 2. The number of aryl methyl sites for hydroxylation is 2. The van der Waals surface area contributed by atoms with Crippen molar-refractivity contribution in [2.45, 2.75) is 13.8 Å². The number of hydrogen-bond acceptors (Lipinski definition) is 2. The summed E-state index contributed by atoms with van der Waals surface area (Å²) in [7, 11) is 0. The Bertz CT molecular complexity index is 818. The fourth-order valence-corrected chi connectivity index (χ4v) is 2.31. The van der Waals surface area contributed by atoms with Gasteiger partial charge >= 0.3 is 0 Å². The van der Waals surface area contributed by atoms with Gasteiger partial charge in [0.15, 0.2) is 0 Å². The smallest absolute Gasteiger partial charge is 0.265 e. The van der Waals surface area contributed by atoms with Crippen LogP contribution in [-0.4, -0.2) is 9.55 Å². The third-order valence-corrected chi connectivity index (χ3v) is 3.36. The molecule has 0 amide bonds. The standard InChI is InChI=1S/C16H14N2O/c1-11-6-3-4-9-14(11)18-10-17-15-12(2)7-5-8-13(15)16(18)19/h3-10H,1-2H3. The van der Waals surface area contributed by atoms with Crippen molar-refractivity contribution in [3.63, 3.8) is 0 Å². The van der Waals surface area contributed by atoms with Crippen LogP contribution in [0.1, 0.15) is 11.1 Å². The van der Waals surface area contributed by atoms with Crippen molar-refractivity contribution in [2.24, 2.45) is 0 Å². The van der Waals surface area contributed by atoms with Gasteiger partial charge in [-0.1, -0.05) is 30.3 Å². The first kappa shape index (κ1) is 11.7. The van der Waals surface area contributed by atoms with E-state index in [0.717, 1.165) is 22.3 Å². The maximum absolute atomic E-state index is 12.6. The highest BCUT2D eigenvalue weighted by molar-refractivity contribution is 5.80. The maximum Gasteiger partial charge on any atom is 0.265 e. The Hall–Kier alpha value is -2.42. The first-order chi connectivity index (χ1) is 9.18. The molecule has 3 aromatic rings. The van der Waals surface area contributed by atoms with Crippen LogP contribution < -0.4 is 5.56 Å². The van der Waals surface area contributed by atoms with Crippen molar-refractivity contribution in [1.82, 2.24) is 9.55 Å². The molecule has 0 atom stereocenters. The first-order valence-electron chi connectivity index (χ1n) is 6.21. The van der Waals surface area contributed by atoms with Crippen LogP contribution in [-0.2, 0) is 0 Å². The molecule has 94 valence electrons. The first-order valence-corrected chi connectivity index (χ1v) is 6.21. The van der Waals surface area contributed by atoms with E-state index in [1.807, 2.05) is 56.3 Å². The largest absolute Gasteiger partial charge is 0.268 e. The van der Waals surface area contributed by atoms with Crippen LogP contribution >= 0.6 is 0 Å². The third-order valence-electron chi connectivity index (χ3n) is 3.36. The Morgan fingerprint density at radius 2 is 1.68 bits per heavy atom. The van der Waals surface area contributed by atoms with Gasteiger partial charge in [0.2, 0.25) is 0 Å². The van der Waals surface area contributed by atoms with Crippen molar-refractivity contribution in [2.75, 3.05) is 0 Å². The van der Waals surface area contributed by atoms with Gasteiger partial charge < -0.3 is 0 Å². The maximum atomic E-state index is 12.6. The van der Waals surface area contributed by atoms with Crippen molar-refractivity contribution < 1.29 is 0 Å². The molecule has 19 heavy (non-hydrogen) atoms. The molecule has 0 radical (unpaired) electrons. The molecule has 3 heteroatoms. The Kier molecular flexibility index (Phi) is 2.67. The van der Waals surface area contributed by atoms with Crippen molar-refractivity contribution in [3.05, 3.63) is 70.3 Å². The lowest BCUT2D eigenvalue weighted by molar-refractivity contribution is 0.951. The van der Waals surface area contributed by atoms with Gasteiger partial charge in [-0.3, -0.25) is 9.36 Å². The molecule has 1 heterocycles. The molecule has 0 saturated carbocycles. The van der Waals surface area contributed by atoms with E-state index in [4.69, 9.17) is 0 Å². The van der Waals surface area contributed by atoms with Crippen LogP contribution in [0, 0.1) is 13.8 Å². The monoisotopic (exact) mass is 250 g/mol. The topological polar surface area (TPSA) is 34.9 Å². The Balaban J connectivity index is 2.37. The quantitative estimate of drug-likeness (QED) is 0.665. The summed E-state index contributed by atoms with van der Waals surface area (Å²) in [5.74, 6) is 0. The Morgan fingerprint density at radius 3 is 2.47 bits per heavy atom. The summed E-state index contributed by atoms with van der Waals surface area (Å²) >= 11 is 0. The van der Waals surface area contributed by atoms with E-state index in [9.17, 15) is 4.79 Å². The second-order valence-corrected chi connectivity index (χ2v) is 4.68. The molecule has 1 aromatic heterocycles. The van der Waals surface area contributed by atoms with E-state index in [2.05, 4.69) is 4.98 Å². The van der Waals surface area contributed by atoms with Gasteiger partial charge in [0.1, 0.15) is 6.33 Å². The second kappa shape index (κ2) is 4.35. The normalized spacial score (nSPS) is 10.8. The highest BCUT2D eigenvalue weighted by Gasteiger charge is 2.08. The minimum Gasteiger partial charge on any atom is -0.268 e. The molecule has 3 rings (SSSR count). The molecule has 0 unspecified atom stereocenters. The van der Waals surface area contributed by atoms with E-state index in [1.165, 1.54) is 0 Å². The predicted octanol–water partition coefficient (Wildman–Crippen LogP) is 3.00. The number of hydrogen-bond donors (Lipinski definition) is 0. The lowest BCUT2D eigenvalue weighted by Gasteiger charge is -2.10. The summed E-state index contributed by atoms with van der Waals surface area (Å²) in [6, 6.07) is 13.5. The summed E-state index contributed by atoms with van der Waals surface area (Å²) in [5, 5.41) is 0.658. The molecule has 0 saturated heterocycles. The van der Waals surface area contributed by atoms with E-state index < -0.39 is 0 Å². The van der Waals surface area contributed by atoms with Crippen LogP contribution in [0.4, 0.5) is 0 Å². The van der Waals surface area contributed by atoms with Gasteiger partial charge in [0.25, 0.3) is 5.56 Å². The number of rotatable bonds is 1. The van der Waals surface area contributed by atoms with E-state index in [1.54, 1.807) is 10.9 Å². The summed E-state index contributed by atoms with van der Waals surface area (Å²) in [6.45, 7) is 3.95. The molecule has 3 nitrogen and oxygen atoms in total. The zero-order valence-electron chi connectivity index (χ0n) is 10.9. The fourth-order valence-electron chi connectivity index (χ4n) is 2.31. The van der Waals surface area contributed by atoms with Crippen LogP contribution in [0.5, 0.6) is 0 Å². The highest BCUT2D eigenvalue weighted by atomic mass is 16.1. The Morgan fingerprint density at radius 1 is 0.947 bits per heavy atom.